The van der Waals surface area contributed by atoms with E-state index in [1.165, 1.54) is 5.56 Å². The van der Waals surface area contributed by atoms with Crippen LogP contribution in [0.15, 0.2) is 18.2 Å². The topological polar surface area (TPSA) is 87.5 Å². The number of piperidine rings is 1. The van der Waals surface area contributed by atoms with E-state index in [2.05, 4.69) is 15.5 Å². The Bertz CT molecular complexity index is 1110. The number of carbonyl (C=O) groups is 2. The number of nitrogens with zero attached hydrogens (tertiary/aromatic N) is 4. The summed E-state index contributed by atoms with van der Waals surface area (Å²) in [7, 11) is 3.67. The van der Waals surface area contributed by atoms with Crippen molar-refractivity contribution in [1.29, 1.82) is 0 Å². The van der Waals surface area contributed by atoms with Crippen LogP contribution in [0.5, 0.6) is 5.75 Å². The van der Waals surface area contributed by atoms with Crippen molar-refractivity contribution < 1.29 is 24.2 Å². The number of aryl methyl sites for hydroxylation is 1. The summed E-state index contributed by atoms with van der Waals surface area (Å²) in [5.74, 6) is 0.900. The Balaban J connectivity index is 1.60. The number of likely N-dealkylation sites (tertiary alicyclic amines) is 1. The second-order valence-corrected chi connectivity index (χ2v) is 10.1. The molecule has 0 radical (unpaired) electrons. The van der Waals surface area contributed by atoms with Crippen molar-refractivity contribution >= 4 is 22.7 Å². The largest absolute Gasteiger partial charge is 0.497 e. The molecule has 9 nitrogen and oxygen atoms in total. The summed E-state index contributed by atoms with van der Waals surface area (Å²) in [6.45, 7) is 6.42. The smallest absolute Gasteiger partial charge is 0.237 e. The highest BCUT2D eigenvalue weighted by molar-refractivity contribution is 5.90. The summed E-state index contributed by atoms with van der Waals surface area (Å²) in [5.41, 5.74) is 2.97. The molecule has 4 heterocycles. The maximum Gasteiger partial charge on any atom is 0.237 e. The molecule has 1 spiro atoms. The molecular formula is C26H36N4O5. The Hall–Kier alpha value is -2.62. The quantitative estimate of drug-likeness (QED) is 0.704. The fourth-order valence-electron chi connectivity index (χ4n) is 6.32. The number of morpholine rings is 1. The van der Waals surface area contributed by atoms with Gasteiger partial charge in [-0.15, -0.1) is 0 Å². The molecule has 0 unspecified atom stereocenters. The van der Waals surface area contributed by atoms with Crippen LogP contribution in [-0.2, 0) is 26.8 Å². The highest BCUT2D eigenvalue weighted by Gasteiger charge is 2.49. The SMILES string of the molecule is COc1ccc2c3c(n(C)c2c1)[C@@H](CO)N(C(=O)CN1CCOCC1)CC31CCN(C(C)=O)CC1. The summed E-state index contributed by atoms with van der Waals surface area (Å²) < 4.78 is 13.1. The molecule has 190 valence electrons. The zero-order valence-corrected chi connectivity index (χ0v) is 21.0. The van der Waals surface area contributed by atoms with Crippen LogP contribution in [-0.4, -0.2) is 102 Å². The Morgan fingerprint density at radius 2 is 1.89 bits per heavy atom. The van der Waals surface area contributed by atoms with Gasteiger partial charge >= 0.3 is 0 Å². The molecule has 9 heteroatoms. The number of benzene rings is 1. The van der Waals surface area contributed by atoms with Crippen LogP contribution in [0.1, 0.15) is 37.1 Å². The molecule has 1 atom stereocenters. The van der Waals surface area contributed by atoms with Crippen LogP contribution >= 0.6 is 0 Å². The minimum Gasteiger partial charge on any atom is -0.497 e. The molecule has 2 amide bonds. The summed E-state index contributed by atoms with van der Waals surface area (Å²) in [6.07, 6.45) is 1.56. The van der Waals surface area contributed by atoms with E-state index in [0.717, 1.165) is 48.3 Å². The second-order valence-electron chi connectivity index (χ2n) is 10.1. The molecule has 1 aromatic heterocycles. The van der Waals surface area contributed by atoms with Gasteiger partial charge in [0.1, 0.15) is 5.75 Å². The normalized spacial score (nSPS) is 22.5. The first-order valence-electron chi connectivity index (χ1n) is 12.5. The summed E-state index contributed by atoms with van der Waals surface area (Å²) in [4.78, 5) is 31.7. The monoisotopic (exact) mass is 484 g/mol. The van der Waals surface area contributed by atoms with Gasteiger partial charge in [0.05, 0.1) is 45.0 Å². The van der Waals surface area contributed by atoms with E-state index in [1.54, 1.807) is 14.0 Å². The highest BCUT2D eigenvalue weighted by atomic mass is 16.5. The lowest BCUT2D eigenvalue weighted by Crippen LogP contribution is -2.57. The van der Waals surface area contributed by atoms with Crippen molar-refractivity contribution in [3.8, 4) is 5.75 Å². The van der Waals surface area contributed by atoms with Gasteiger partial charge in [-0.05, 0) is 30.5 Å². The predicted octanol–water partition coefficient (Wildman–Crippen LogP) is 1.27. The number of carbonyl (C=O) groups excluding carboxylic acids is 2. The lowest BCUT2D eigenvalue weighted by molar-refractivity contribution is -0.141. The zero-order valence-electron chi connectivity index (χ0n) is 21.0. The van der Waals surface area contributed by atoms with E-state index in [-0.39, 0.29) is 23.8 Å². The summed E-state index contributed by atoms with van der Waals surface area (Å²) in [5, 5.41) is 11.7. The van der Waals surface area contributed by atoms with Crippen LogP contribution in [0, 0.1) is 0 Å². The van der Waals surface area contributed by atoms with E-state index in [9.17, 15) is 14.7 Å². The van der Waals surface area contributed by atoms with Gasteiger partial charge in [0, 0.05) is 69.3 Å². The maximum atomic E-state index is 13.7. The molecule has 2 fully saturated rings. The van der Waals surface area contributed by atoms with Gasteiger partial charge < -0.3 is 28.9 Å². The molecule has 2 aromatic rings. The molecule has 1 aromatic carbocycles. The third kappa shape index (κ3) is 4.09. The highest BCUT2D eigenvalue weighted by Crippen LogP contribution is 2.50. The van der Waals surface area contributed by atoms with Gasteiger partial charge in [-0.1, -0.05) is 0 Å². The molecule has 3 aliphatic heterocycles. The zero-order chi connectivity index (χ0) is 24.7. The summed E-state index contributed by atoms with van der Waals surface area (Å²) >= 11 is 0. The van der Waals surface area contributed by atoms with Crippen molar-refractivity contribution in [3.63, 3.8) is 0 Å². The number of rotatable bonds is 4. The number of aliphatic hydroxyl groups excluding tert-OH is 1. The van der Waals surface area contributed by atoms with Crippen molar-refractivity contribution in [2.75, 3.05) is 66.2 Å². The number of aliphatic hydroxyl groups is 1. The molecule has 0 aliphatic carbocycles. The second kappa shape index (κ2) is 9.44. The molecule has 0 saturated carbocycles. The Morgan fingerprint density at radius 1 is 1.17 bits per heavy atom. The van der Waals surface area contributed by atoms with Crippen molar-refractivity contribution in [1.82, 2.24) is 19.3 Å². The average Bonchev–Trinajstić information content (AvgIpc) is 3.17. The summed E-state index contributed by atoms with van der Waals surface area (Å²) in [6, 6.07) is 5.69. The Kier molecular flexibility index (Phi) is 6.50. The van der Waals surface area contributed by atoms with E-state index in [1.807, 2.05) is 29.0 Å². The minimum absolute atomic E-state index is 0.0350. The van der Waals surface area contributed by atoms with Crippen LogP contribution in [0.3, 0.4) is 0 Å². The van der Waals surface area contributed by atoms with Crippen molar-refractivity contribution in [2.24, 2.45) is 7.05 Å². The minimum atomic E-state index is -0.418. The molecule has 0 bridgehead atoms. The number of hydrogen-bond acceptors (Lipinski definition) is 6. The van der Waals surface area contributed by atoms with Gasteiger partial charge in [-0.2, -0.15) is 0 Å². The number of amides is 2. The van der Waals surface area contributed by atoms with E-state index < -0.39 is 6.04 Å². The van der Waals surface area contributed by atoms with E-state index in [0.29, 0.717) is 39.4 Å². The predicted molar refractivity (Wildman–Crippen MR) is 131 cm³/mol. The van der Waals surface area contributed by atoms with E-state index >= 15 is 0 Å². The first-order chi connectivity index (χ1) is 16.9. The van der Waals surface area contributed by atoms with Gasteiger partial charge in [-0.3, -0.25) is 14.5 Å². The lowest BCUT2D eigenvalue weighted by atomic mass is 9.68. The number of ether oxygens (including phenoxy) is 2. The fraction of sp³-hybridized carbons (Fsp3) is 0.615. The molecule has 2 saturated heterocycles. The Labute approximate surface area is 206 Å². The van der Waals surface area contributed by atoms with Gasteiger partial charge in [0.2, 0.25) is 11.8 Å². The van der Waals surface area contributed by atoms with Crippen molar-refractivity contribution in [3.05, 3.63) is 29.5 Å². The third-order valence-corrected chi connectivity index (χ3v) is 8.27. The standard InChI is InChI=1S/C26H36N4O5/c1-18(32)29-8-6-26(7-9-29)17-30(23(33)15-28-10-12-35-13-11-28)22(16-31)25-24(26)20-5-4-19(34-3)14-21(20)27(25)2/h4-5,14,22,31H,6-13,15-17H2,1-3H3/t22-/m1/s1. The molecule has 5 rings (SSSR count). The van der Waals surface area contributed by atoms with E-state index in [4.69, 9.17) is 9.47 Å². The van der Waals surface area contributed by atoms with Crippen LogP contribution in [0.2, 0.25) is 0 Å². The number of fused-ring (bicyclic) bond motifs is 4. The first-order valence-corrected chi connectivity index (χ1v) is 12.5. The molecule has 1 N–H and O–H groups in total. The number of hydrogen-bond donors (Lipinski definition) is 1. The third-order valence-electron chi connectivity index (χ3n) is 8.27. The molecular weight excluding hydrogens is 448 g/mol. The van der Waals surface area contributed by atoms with Gasteiger partial charge in [-0.25, -0.2) is 0 Å². The number of methoxy groups -OCH3 is 1. The van der Waals surface area contributed by atoms with Crippen LogP contribution < -0.4 is 4.74 Å². The first kappa shape index (κ1) is 24.1. The maximum absolute atomic E-state index is 13.7. The van der Waals surface area contributed by atoms with Crippen molar-refractivity contribution in [2.45, 2.75) is 31.2 Å². The number of aromatic nitrogens is 1. The van der Waals surface area contributed by atoms with Gasteiger partial charge in [0.15, 0.2) is 0 Å². The van der Waals surface area contributed by atoms with Crippen LogP contribution in [0.4, 0.5) is 0 Å². The Morgan fingerprint density at radius 3 is 2.51 bits per heavy atom. The average molecular weight is 485 g/mol. The van der Waals surface area contributed by atoms with Crippen LogP contribution in [0.25, 0.3) is 10.9 Å². The molecule has 35 heavy (non-hydrogen) atoms. The molecule has 3 aliphatic rings. The fourth-order valence-corrected chi connectivity index (χ4v) is 6.32. The van der Waals surface area contributed by atoms with Gasteiger partial charge in [0.25, 0.3) is 0 Å². The lowest BCUT2D eigenvalue weighted by Gasteiger charge is -2.50.